The van der Waals surface area contributed by atoms with Gasteiger partial charge in [0.15, 0.2) is 0 Å². The maximum atomic E-state index is 8.68. The molecule has 4 nitrogen and oxygen atoms in total. The Morgan fingerprint density at radius 3 is 2.88 bits per heavy atom. The third-order valence-corrected chi connectivity index (χ3v) is 3.06. The molecule has 0 radical (unpaired) electrons. The summed E-state index contributed by atoms with van der Waals surface area (Å²) in [6.45, 7) is 0.845. The number of nitrogens with zero attached hydrogens (tertiary/aromatic N) is 2. The van der Waals surface area contributed by atoms with Gasteiger partial charge in [0.05, 0.1) is 5.69 Å². The number of aromatic nitrogens is 2. The van der Waals surface area contributed by atoms with Gasteiger partial charge >= 0.3 is 0 Å². The topological polar surface area (TPSA) is 58.0 Å². The highest BCUT2D eigenvalue weighted by Crippen LogP contribution is 2.26. The van der Waals surface area contributed by atoms with Crippen molar-refractivity contribution in [3.8, 4) is 0 Å². The van der Waals surface area contributed by atoms with Crippen LogP contribution in [0.15, 0.2) is 0 Å². The molecule has 0 amide bonds. The summed E-state index contributed by atoms with van der Waals surface area (Å²) in [5.41, 5.74) is 2.19. The molecule has 5 heteroatoms. The normalized spacial score (nSPS) is 14.6. The van der Waals surface area contributed by atoms with Crippen LogP contribution in [0.4, 0.5) is 5.95 Å². The summed E-state index contributed by atoms with van der Waals surface area (Å²) in [4.78, 5) is 8.68. The van der Waals surface area contributed by atoms with Gasteiger partial charge in [-0.2, -0.15) is 0 Å². The summed E-state index contributed by atoms with van der Waals surface area (Å²) < 4.78 is 0. The molecule has 0 bridgehead atoms. The number of hydrogen-bond donors (Lipinski definition) is 2. The number of anilines is 1. The maximum Gasteiger partial charge on any atom is 0.224 e. The van der Waals surface area contributed by atoms with Crippen molar-refractivity contribution in [3.05, 3.63) is 16.4 Å². The van der Waals surface area contributed by atoms with Crippen LogP contribution in [0.3, 0.4) is 0 Å². The highest BCUT2D eigenvalue weighted by molar-refractivity contribution is 6.30. The van der Waals surface area contributed by atoms with Gasteiger partial charge in [0.1, 0.15) is 5.15 Å². The molecule has 2 N–H and O–H groups in total. The molecule has 0 spiro atoms. The average molecular weight is 242 g/mol. The zero-order valence-electron chi connectivity index (χ0n) is 9.17. The summed E-state index contributed by atoms with van der Waals surface area (Å²) in [6.07, 6.45) is 5.03. The fourth-order valence-electron chi connectivity index (χ4n) is 1.91. The van der Waals surface area contributed by atoms with Gasteiger partial charge in [0.2, 0.25) is 5.95 Å². The van der Waals surface area contributed by atoms with Crippen LogP contribution in [-0.4, -0.2) is 28.2 Å². The van der Waals surface area contributed by atoms with Gasteiger partial charge in [0, 0.05) is 18.7 Å². The Morgan fingerprint density at radius 1 is 1.25 bits per heavy atom. The molecule has 1 aromatic rings. The van der Waals surface area contributed by atoms with Crippen LogP contribution in [0.5, 0.6) is 0 Å². The van der Waals surface area contributed by atoms with Crippen LogP contribution in [0.25, 0.3) is 0 Å². The first-order valence-corrected chi connectivity index (χ1v) is 6.09. The zero-order chi connectivity index (χ0) is 11.4. The lowest BCUT2D eigenvalue weighted by atomic mass is 9.97. The number of hydrogen-bond acceptors (Lipinski definition) is 4. The second-order valence-corrected chi connectivity index (χ2v) is 4.33. The predicted octanol–water partition coefficient (Wildman–Crippen LogP) is 1.80. The largest absolute Gasteiger partial charge is 0.396 e. The molecule has 1 aliphatic rings. The van der Waals surface area contributed by atoms with Crippen molar-refractivity contribution in [2.24, 2.45) is 0 Å². The number of aliphatic hydroxyl groups is 1. The Balaban J connectivity index is 2.12. The number of aryl methyl sites for hydroxylation is 1. The molecule has 0 unspecified atom stereocenters. The predicted molar refractivity (Wildman–Crippen MR) is 63.9 cm³/mol. The fraction of sp³-hybridized carbons (Fsp3) is 0.636. The standard InChI is InChI=1S/C11H16ClN3O/c12-10-8-4-1-2-5-9(8)14-11(15-10)13-6-3-7-16/h16H,1-7H2,(H,13,14,15). The van der Waals surface area contributed by atoms with E-state index >= 15 is 0 Å². The quantitative estimate of drug-likeness (QED) is 0.624. The Morgan fingerprint density at radius 2 is 2.06 bits per heavy atom. The highest BCUT2D eigenvalue weighted by atomic mass is 35.5. The lowest BCUT2D eigenvalue weighted by Gasteiger charge is -2.16. The van der Waals surface area contributed by atoms with Crippen LogP contribution in [0.1, 0.15) is 30.5 Å². The minimum absolute atomic E-state index is 0.172. The molecular formula is C11H16ClN3O. The highest BCUT2D eigenvalue weighted by Gasteiger charge is 2.16. The van der Waals surface area contributed by atoms with Gasteiger partial charge in [-0.15, -0.1) is 0 Å². The fourth-order valence-corrected chi connectivity index (χ4v) is 2.19. The molecule has 0 fully saturated rings. The second-order valence-electron chi connectivity index (χ2n) is 3.97. The Kier molecular flexibility index (Phi) is 3.96. The van der Waals surface area contributed by atoms with Crippen LogP contribution in [-0.2, 0) is 12.8 Å². The van der Waals surface area contributed by atoms with Gasteiger partial charge in [-0.05, 0) is 32.1 Å². The Labute approximate surface area is 100 Å². The number of rotatable bonds is 4. The van der Waals surface area contributed by atoms with Crippen molar-refractivity contribution < 1.29 is 5.11 Å². The van der Waals surface area contributed by atoms with E-state index in [2.05, 4.69) is 15.3 Å². The molecule has 16 heavy (non-hydrogen) atoms. The van der Waals surface area contributed by atoms with Crippen LogP contribution in [0.2, 0.25) is 5.15 Å². The van der Waals surface area contributed by atoms with Crippen LogP contribution in [0, 0.1) is 0 Å². The van der Waals surface area contributed by atoms with Crippen molar-refractivity contribution in [3.63, 3.8) is 0 Å². The van der Waals surface area contributed by atoms with E-state index in [-0.39, 0.29) is 6.61 Å². The van der Waals surface area contributed by atoms with Gasteiger partial charge in [-0.3, -0.25) is 0 Å². The Bertz CT molecular complexity index is 370. The van der Waals surface area contributed by atoms with E-state index in [1.54, 1.807) is 0 Å². The molecule has 0 saturated carbocycles. The van der Waals surface area contributed by atoms with Crippen molar-refractivity contribution in [1.29, 1.82) is 0 Å². The maximum absolute atomic E-state index is 8.68. The van der Waals surface area contributed by atoms with Gasteiger partial charge < -0.3 is 10.4 Å². The first-order chi connectivity index (χ1) is 7.81. The summed E-state index contributed by atoms with van der Waals surface area (Å²) in [5, 5.41) is 12.3. The monoisotopic (exact) mass is 241 g/mol. The SMILES string of the molecule is OCCCNc1nc(Cl)c2c(n1)CCCC2. The second kappa shape index (κ2) is 5.46. The average Bonchev–Trinajstić information content (AvgIpc) is 2.30. The van der Waals surface area contributed by atoms with E-state index in [0.717, 1.165) is 24.1 Å². The van der Waals surface area contributed by atoms with E-state index in [1.807, 2.05) is 0 Å². The van der Waals surface area contributed by atoms with Crippen molar-refractivity contribution >= 4 is 17.5 Å². The number of aliphatic hydroxyl groups excluding tert-OH is 1. The van der Waals surface area contributed by atoms with E-state index < -0.39 is 0 Å². The van der Waals surface area contributed by atoms with E-state index in [0.29, 0.717) is 24.1 Å². The lowest BCUT2D eigenvalue weighted by Crippen LogP contribution is -2.12. The van der Waals surface area contributed by atoms with E-state index in [1.165, 1.54) is 12.8 Å². The van der Waals surface area contributed by atoms with E-state index in [9.17, 15) is 0 Å². The van der Waals surface area contributed by atoms with Crippen molar-refractivity contribution in [1.82, 2.24) is 9.97 Å². The molecule has 0 aliphatic heterocycles. The molecule has 1 heterocycles. The minimum Gasteiger partial charge on any atom is -0.396 e. The third-order valence-electron chi connectivity index (χ3n) is 2.75. The zero-order valence-corrected chi connectivity index (χ0v) is 9.93. The summed E-state index contributed by atoms with van der Waals surface area (Å²) in [7, 11) is 0. The van der Waals surface area contributed by atoms with Crippen molar-refractivity contribution in [2.75, 3.05) is 18.5 Å². The van der Waals surface area contributed by atoms with Crippen LogP contribution < -0.4 is 5.32 Å². The molecule has 0 saturated heterocycles. The lowest BCUT2D eigenvalue weighted by molar-refractivity contribution is 0.292. The van der Waals surface area contributed by atoms with Crippen molar-refractivity contribution in [2.45, 2.75) is 32.1 Å². The first kappa shape index (κ1) is 11.6. The molecule has 1 aliphatic carbocycles. The minimum atomic E-state index is 0.172. The third kappa shape index (κ3) is 2.62. The molecule has 2 rings (SSSR count). The summed E-state index contributed by atoms with van der Waals surface area (Å²) in [5.74, 6) is 0.583. The van der Waals surface area contributed by atoms with Gasteiger partial charge in [-0.25, -0.2) is 9.97 Å². The molecular weight excluding hydrogens is 226 g/mol. The first-order valence-electron chi connectivity index (χ1n) is 5.71. The molecule has 0 atom stereocenters. The Hall–Kier alpha value is -0.870. The summed E-state index contributed by atoms with van der Waals surface area (Å²) in [6, 6.07) is 0. The molecule has 88 valence electrons. The number of nitrogens with one attached hydrogen (secondary N) is 1. The molecule has 1 aromatic heterocycles. The molecule has 0 aromatic carbocycles. The van der Waals surface area contributed by atoms with Gasteiger partial charge in [0.25, 0.3) is 0 Å². The number of halogens is 1. The number of fused-ring (bicyclic) bond motifs is 1. The smallest absolute Gasteiger partial charge is 0.224 e. The van der Waals surface area contributed by atoms with E-state index in [4.69, 9.17) is 16.7 Å². The summed E-state index contributed by atoms with van der Waals surface area (Å²) >= 11 is 6.12. The van der Waals surface area contributed by atoms with Gasteiger partial charge in [-0.1, -0.05) is 11.6 Å². The van der Waals surface area contributed by atoms with Crippen LogP contribution >= 0.6 is 11.6 Å².